The van der Waals surface area contributed by atoms with Crippen molar-refractivity contribution in [3.05, 3.63) is 53.6 Å². The molecule has 5 rings (SSSR count). The van der Waals surface area contributed by atoms with Gasteiger partial charge in [-0.2, -0.15) is 10.2 Å². The van der Waals surface area contributed by atoms with Crippen molar-refractivity contribution in [3.8, 4) is 11.5 Å². The molecule has 1 aliphatic carbocycles. The summed E-state index contributed by atoms with van der Waals surface area (Å²) < 4.78 is 6.05. The molecule has 2 aliphatic heterocycles. The van der Waals surface area contributed by atoms with Crippen molar-refractivity contribution in [1.29, 1.82) is 0 Å². The number of ketones is 1. The van der Waals surface area contributed by atoms with E-state index in [-0.39, 0.29) is 29.8 Å². The lowest BCUT2D eigenvalue weighted by atomic mass is 9.58. The first-order valence-corrected chi connectivity index (χ1v) is 15.3. The molecular weight excluding hydrogens is 562 g/mol. The van der Waals surface area contributed by atoms with Gasteiger partial charge in [-0.3, -0.25) is 14.4 Å². The van der Waals surface area contributed by atoms with Gasteiger partial charge in [0.2, 0.25) is 5.54 Å². The molecule has 0 radical (unpaired) electrons. The van der Waals surface area contributed by atoms with Crippen LogP contribution in [0.4, 0.5) is 10.5 Å². The fourth-order valence-electron chi connectivity index (χ4n) is 6.56. The van der Waals surface area contributed by atoms with E-state index in [0.29, 0.717) is 48.6 Å². The fraction of sp³-hybridized carbons (Fsp3) is 0.500. The molecule has 234 valence electrons. The molecular formula is C32H41N7O5. The van der Waals surface area contributed by atoms with Gasteiger partial charge in [-0.15, -0.1) is 0 Å². The number of urea groups is 1. The Hall–Kier alpha value is -4.32. The number of carbonyl (C=O) groups excluding carboxylic acids is 4. The second-order valence-electron chi connectivity index (χ2n) is 11.8. The maximum absolute atomic E-state index is 12.9. The number of nitrogens with one attached hydrogen (secondary N) is 4. The number of ether oxygens (including phenoxy) is 1. The van der Waals surface area contributed by atoms with Crippen molar-refractivity contribution in [1.82, 2.24) is 26.2 Å². The standard InChI is InChI=1S/C32H41N7O5/c1-5-39(6-2)15-7-14-33-28(41)22-16-20(3)17-25(18-22)44-24-10-8-23(9-11-24)37-38-32(21(4)40)29(42)36-31(32)13-12-26-27(19-31)35-30(43)34-26/h8-11,16-18,26-27H,5-7,12-15,19H2,1-4H3,(H,33,41)(H,36,42)(H2,34,35,43). The lowest BCUT2D eigenvalue weighted by Gasteiger charge is -2.57. The van der Waals surface area contributed by atoms with E-state index in [9.17, 15) is 19.2 Å². The Morgan fingerprint density at radius 2 is 1.77 bits per heavy atom. The van der Waals surface area contributed by atoms with Crippen LogP contribution in [0.25, 0.3) is 0 Å². The molecule has 1 spiro atoms. The Bertz CT molecular complexity index is 1450. The molecule has 2 heterocycles. The number of azo groups is 1. The summed E-state index contributed by atoms with van der Waals surface area (Å²) in [7, 11) is 0. The summed E-state index contributed by atoms with van der Waals surface area (Å²) in [5, 5.41) is 20.4. The van der Waals surface area contributed by atoms with Crippen molar-refractivity contribution in [2.24, 2.45) is 10.2 Å². The molecule has 4 N–H and O–H groups in total. The molecule has 12 nitrogen and oxygen atoms in total. The van der Waals surface area contributed by atoms with E-state index in [1.165, 1.54) is 6.92 Å². The lowest BCUT2D eigenvalue weighted by Crippen LogP contribution is -2.84. The number of nitrogens with zero attached hydrogens (tertiary/aromatic N) is 3. The summed E-state index contributed by atoms with van der Waals surface area (Å²) in [5.74, 6) is 0.0463. The van der Waals surface area contributed by atoms with E-state index in [2.05, 4.69) is 50.2 Å². The molecule has 3 aliphatic rings. The normalized spacial score (nSPS) is 25.7. The van der Waals surface area contributed by atoms with Crippen LogP contribution in [0.2, 0.25) is 0 Å². The highest BCUT2D eigenvalue weighted by Crippen LogP contribution is 2.48. The summed E-state index contributed by atoms with van der Waals surface area (Å²) in [4.78, 5) is 52.8. The minimum Gasteiger partial charge on any atom is -0.457 e. The molecule has 12 heteroatoms. The topological polar surface area (TPSA) is 154 Å². The van der Waals surface area contributed by atoms with Crippen molar-refractivity contribution in [3.63, 3.8) is 0 Å². The van der Waals surface area contributed by atoms with E-state index in [1.54, 1.807) is 30.3 Å². The maximum atomic E-state index is 12.9. The second-order valence-corrected chi connectivity index (χ2v) is 11.8. The summed E-state index contributed by atoms with van der Waals surface area (Å²) in [5.41, 5.74) is -0.678. The van der Waals surface area contributed by atoms with E-state index >= 15 is 0 Å². The Kier molecular flexibility index (Phi) is 9.00. The number of benzene rings is 2. The Morgan fingerprint density at radius 1 is 1.05 bits per heavy atom. The van der Waals surface area contributed by atoms with Crippen LogP contribution >= 0.6 is 0 Å². The first kappa shape index (κ1) is 31.1. The maximum Gasteiger partial charge on any atom is 0.315 e. The average Bonchev–Trinajstić information content (AvgIpc) is 3.36. The molecule has 4 unspecified atom stereocenters. The fourth-order valence-corrected chi connectivity index (χ4v) is 6.56. The zero-order chi connectivity index (χ0) is 31.5. The Morgan fingerprint density at radius 3 is 2.45 bits per heavy atom. The SMILES string of the molecule is CCN(CC)CCCNC(=O)c1cc(C)cc(Oc2ccc(N=NC3(C(C)=O)C(=O)NC34CCC3NC(=O)NC3C4)cc2)c1. The summed E-state index contributed by atoms with van der Waals surface area (Å²) >= 11 is 0. The van der Waals surface area contributed by atoms with Crippen molar-refractivity contribution >= 4 is 29.3 Å². The third kappa shape index (κ3) is 6.03. The average molecular weight is 604 g/mol. The largest absolute Gasteiger partial charge is 0.457 e. The van der Waals surface area contributed by atoms with Gasteiger partial charge in [-0.25, -0.2) is 4.79 Å². The van der Waals surface area contributed by atoms with Crippen LogP contribution in [0.5, 0.6) is 11.5 Å². The van der Waals surface area contributed by atoms with Crippen molar-refractivity contribution in [2.45, 2.75) is 76.5 Å². The van der Waals surface area contributed by atoms with Gasteiger partial charge in [0.15, 0.2) is 5.78 Å². The number of Topliss-reactive ketones (excluding diaryl/α,β-unsaturated/α-hetero) is 1. The zero-order valence-corrected chi connectivity index (χ0v) is 25.7. The molecule has 2 saturated heterocycles. The lowest BCUT2D eigenvalue weighted by molar-refractivity contribution is -0.155. The number of rotatable bonds is 12. The van der Waals surface area contributed by atoms with Crippen LogP contribution in [0.1, 0.15) is 62.4 Å². The van der Waals surface area contributed by atoms with Crippen molar-refractivity contribution in [2.75, 3.05) is 26.2 Å². The van der Waals surface area contributed by atoms with Crippen molar-refractivity contribution < 1.29 is 23.9 Å². The third-order valence-corrected chi connectivity index (χ3v) is 8.98. The minimum atomic E-state index is -1.65. The van der Waals surface area contributed by atoms with Gasteiger partial charge in [0.05, 0.1) is 23.3 Å². The smallest absolute Gasteiger partial charge is 0.315 e. The number of fused-ring (bicyclic) bond motifs is 1. The van der Waals surface area contributed by atoms with Gasteiger partial charge in [-0.1, -0.05) is 13.8 Å². The van der Waals surface area contributed by atoms with Crippen LogP contribution in [0.15, 0.2) is 52.7 Å². The molecule has 3 fully saturated rings. The predicted octanol–water partition coefficient (Wildman–Crippen LogP) is 3.76. The molecule has 2 aromatic carbocycles. The van der Waals surface area contributed by atoms with Crippen LogP contribution in [-0.4, -0.2) is 77.9 Å². The third-order valence-electron chi connectivity index (χ3n) is 8.98. The molecule has 44 heavy (non-hydrogen) atoms. The summed E-state index contributed by atoms with van der Waals surface area (Å²) in [6, 6.07) is 11.7. The quantitative estimate of drug-likeness (QED) is 0.125. The molecule has 1 saturated carbocycles. The number of aryl methyl sites for hydroxylation is 1. The van der Waals surface area contributed by atoms with Gasteiger partial charge in [0.1, 0.15) is 11.5 Å². The molecule has 0 bridgehead atoms. The van der Waals surface area contributed by atoms with E-state index in [0.717, 1.165) is 31.6 Å². The van der Waals surface area contributed by atoms with E-state index in [4.69, 9.17) is 4.74 Å². The molecule has 0 aromatic heterocycles. The van der Waals surface area contributed by atoms with Crippen LogP contribution in [-0.2, 0) is 9.59 Å². The van der Waals surface area contributed by atoms with Crippen LogP contribution in [0.3, 0.4) is 0 Å². The second kappa shape index (κ2) is 12.7. The van der Waals surface area contributed by atoms with E-state index < -0.39 is 17.0 Å². The van der Waals surface area contributed by atoms with Gasteiger partial charge >= 0.3 is 6.03 Å². The number of hydrogen-bond donors (Lipinski definition) is 4. The number of carbonyl (C=O) groups is 4. The monoisotopic (exact) mass is 603 g/mol. The van der Waals surface area contributed by atoms with Gasteiger partial charge in [0, 0.05) is 12.1 Å². The highest BCUT2D eigenvalue weighted by atomic mass is 16.5. The number of hydrogen-bond acceptors (Lipinski definition) is 8. The molecule has 2 aromatic rings. The molecule has 4 amide bonds. The van der Waals surface area contributed by atoms with Crippen LogP contribution in [0, 0.1) is 6.92 Å². The first-order chi connectivity index (χ1) is 21.1. The predicted molar refractivity (Wildman–Crippen MR) is 164 cm³/mol. The molecule has 4 atom stereocenters. The highest BCUT2D eigenvalue weighted by molar-refractivity contribution is 6.17. The van der Waals surface area contributed by atoms with Gasteiger partial charge < -0.3 is 30.9 Å². The van der Waals surface area contributed by atoms with Crippen LogP contribution < -0.4 is 26.0 Å². The summed E-state index contributed by atoms with van der Waals surface area (Å²) in [6.07, 6.45) is 2.38. The highest BCUT2D eigenvalue weighted by Gasteiger charge is 2.72. The van der Waals surface area contributed by atoms with Gasteiger partial charge in [0.25, 0.3) is 11.8 Å². The van der Waals surface area contributed by atoms with E-state index in [1.807, 2.05) is 19.1 Å². The summed E-state index contributed by atoms with van der Waals surface area (Å²) in [6.45, 7) is 11.0. The zero-order valence-electron chi connectivity index (χ0n) is 25.7. The Labute approximate surface area is 257 Å². The number of amides is 4. The number of β-lactam (4-membered cyclic amide) rings is 1. The first-order valence-electron chi connectivity index (χ1n) is 15.3. The Balaban J connectivity index is 1.24. The van der Waals surface area contributed by atoms with Gasteiger partial charge in [-0.05, 0) is 107 Å². The minimum absolute atomic E-state index is 0.0405.